The summed E-state index contributed by atoms with van der Waals surface area (Å²) in [4.78, 5) is 0. The summed E-state index contributed by atoms with van der Waals surface area (Å²) in [6.07, 6.45) is -0.137. The van der Waals surface area contributed by atoms with Crippen LogP contribution in [0.2, 0.25) is 0 Å². The lowest BCUT2D eigenvalue weighted by atomic mass is 10.1. The van der Waals surface area contributed by atoms with Gasteiger partial charge in [0.1, 0.15) is 0 Å². The van der Waals surface area contributed by atoms with Crippen molar-refractivity contribution in [3.05, 3.63) is 35.9 Å². The number of benzene rings is 1. The predicted molar refractivity (Wildman–Crippen MR) is 75.2 cm³/mol. The van der Waals surface area contributed by atoms with Gasteiger partial charge in [-0.2, -0.15) is 4.31 Å². The summed E-state index contributed by atoms with van der Waals surface area (Å²) in [7, 11) is -3.43. The summed E-state index contributed by atoms with van der Waals surface area (Å²) < 4.78 is 25.8. The van der Waals surface area contributed by atoms with Crippen LogP contribution in [0.5, 0.6) is 0 Å². The van der Waals surface area contributed by atoms with E-state index in [2.05, 4.69) is 0 Å². The van der Waals surface area contributed by atoms with Gasteiger partial charge < -0.3 is 5.11 Å². The highest BCUT2D eigenvalue weighted by Gasteiger charge is 2.44. The first-order valence-electron chi connectivity index (χ1n) is 6.48. The molecule has 1 aromatic carbocycles. The normalized spacial score (nSPS) is 25.7. The summed E-state index contributed by atoms with van der Waals surface area (Å²) in [6, 6.07) is 9.24. The van der Waals surface area contributed by atoms with Crippen molar-refractivity contribution in [3.8, 4) is 0 Å². The molecule has 0 aromatic heterocycles. The molecule has 0 radical (unpaired) electrons. The van der Waals surface area contributed by atoms with E-state index in [4.69, 9.17) is 0 Å². The van der Waals surface area contributed by atoms with Crippen LogP contribution >= 0.6 is 0 Å². The van der Waals surface area contributed by atoms with Crippen molar-refractivity contribution in [2.75, 3.05) is 6.54 Å². The smallest absolute Gasteiger partial charge is 0.219 e. The van der Waals surface area contributed by atoms with E-state index < -0.39 is 20.9 Å². The van der Waals surface area contributed by atoms with Crippen LogP contribution in [0.25, 0.3) is 0 Å². The van der Waals surface area contributed by atoms with Crippen molar-refractivity contribution in [2.24, 2.45) is 0 Å². The Bertz CT molecular complexity index is 534. The Morgan fingerprint density at radius 1 is 1.21 bits per heavy atom. The molecule has 0 amide bonds. The second-order valence-electron chi connectivity index (χ2n) is 6.00. The Morgan fingerprint density at radius 2 is 1.79 bits per heavy atom. The van der Waals surface area contributed by atoms with Gasteiger partial charge in [-0.25, -0.2) is 8.42 Å². The average Bonchev–Trinajstić information content (AvgIpc) is 2.71. The molecule has 0 saturated carbocycles. The molecule has 0 spiro atoms. The standard InChI is InChI=1S/C14H21NO3S/c1-14(2,3)19(17,18)15-10-12(16)9-13(15)11-7-5-4-6-8-11/h4-8,12-13,16H,9-10H2,1-3H3/t12-,13+/m1/s1. The molecule has 1 aliphatic heterocycles. The van der Waals surface area contributed by atoms with Crippen LogP contribution in [-0.4, -0.2) is 35.2 Å². The molecule has 2 atom stereocenters. The molecule has 0 unspecified atom stereocenters. The number of rotatable bonds is 2. The average molecular weight is 283 g/mol. The van der Waals surface area contributed by atoms with E-state index in [1.165, 1.54) is 4.31 Å². The van der Waals surface area contributed by atoms with E-state index in [0.29, 0.717) is 6.42 Å². The van der Waals surface area contributed by atoms with Gasteiger partial charge in [-0.05, 0) is 32.8 Å². The van der Waals surface area contributed by atoms with Crippen LogP contribution in [0.4, 0.5) is 0 Å². The van der Waals surface area contributed by atoms with E-state index >= 15 is 0 Å². The van der Waals surface area contributed by atoms with Gasteiger partial charge >= 0.3 is 0 Å². The minimum absolute atomic E-state index is 0.180. The SMILES string of the molecule is CC(C)(C)S(=O)(=O)N1C[C@H](O)C[C@H]1c1ccccc1. The number of hydrogen-bond acceptors (Lipinski definition) is 3. The fraction of sp³-hybridized carbons (Fsp3) is 0.571. The van der Waals surface area contributed by atoms with Crippen LogP contribution < -0.4 is 0 Å². The molecule has 2 rings (SSSR count). The van der Waals surface area contributed by atoms with E-state index in [1.54, 1.807) is 20.8 Å². The maximum atomic E-state index is 12.6. The summed E-state index contributed by atoms with van der Waals surface area (Å²) >= 11 is 0. The molecule has 1 fully saturated rings. The Hall–Kier alpha value is -0.910. The van der Waals surface area contributed by atoms with E-state index in [-0.39, 0.29) is 12.6 Å². The van der Waals surface area contributed by atoms with Gasteiger partial charge in [0.2, 0.25) is 10.0 Å². The quantitative estimate of drug-likeness (QED) is 0.902. The molecule has 1 aromatic rings. The lowest BCUT2D eigenvalue weighted by Crippen LogP contribution is -2.43. The van der Waals surface area contributed by atoms with Crippen LogP contribution in [-0.2, 0) is 10.0 Å². The molecular weight excluding hydrogens is 262 g/mol. The number of aliphatic hydroxyl groups is 1. The zero-order valence-corrected chi connectivity index (χ0v) is 12.4. The first-order chi connectivity index (χ1) is 8.73. The van der Waals surface area contributed by atoms with Crippen LogP contribution in [0.1, 0.15) is 38.8 Å². The number of hydrogen-bond donors (Lipinski definition) is 1. The Balaban J connectivity index is 2.40. The number of aliphatic hydroxyl groups excluding tert-OH is 1. The van der Waals surface area contributed by atoms with Crippen molar-refractivity contribution in [1.82, 2.24) is 4.31 Å². The van der Waals surface area contributed by atoms with E-state index in [0.717, 1.165) is 5.56 Å². The molecule has 0 aliphatic carbocycles. The third kappa shape index (κ3) is 2.68. The molecule has 4 nitrogen and oxygen atoms in total. The van der Waals surface area contributed by atoms with Gasteiger partial charge in [0, 0.05) is 6.54 Å². The minimum Gasteiger partial charge on any atom is -0.392 e. The molecule has 1 aliphatic rings. The molecule has 106 valence electrons. The molecular formula is C14H21NO3S. The second-order valence-corrected chi connectivity index (χ2v) is 8.65. The van der Waals surface area contributed by atoms with Gasteiger partial charge in [-0.3, -0.25) is 0 Å². The molecule has 1 saturated heterocycles. The van der Waals surface area contributed by atoms with Crippen LogP contribution in [0.3, 0.4) is 0 Å². The predicted octanol–water partition coefficient (Wildman–Crippen LogP) is 1.92. The number of β-amino-alcohol motifs (C(OH)–C–C–N with tert-alkyl or cyclic N) is 1. The highest BCUT2D eigenvalue weighted by atomic mass is 32.2. The van der Waals surface area contributed by atoms with Gasteiger partial charge in [0.05, 0.1) is 16.9 Å². The van der Waals surface area contributed by atoms with Gasteiger partial charge in [0.15, 0.2) is 0 Å². The van der Waals surface area contributed by atoms with Crippen LogP contribution in [0.15, 0.2) is 30.3 Å². The number of sulfonamides is 1. The topological polar surface area (TPSA) is 57.6 Å². The van der Waals surface area contributed by atoms with Gasteiger partial charge in [-0.15, -0.1) is 0 Å². The monoisotopic (exact) mass is 283 g/mol. The van der Waals surface area contributed by atoms with Gasteiger partial charge in [0.25, 0.3) is 0 Å². The fourth-order valence-corrected chi connectivity index (χ4v) is 3.99. The summed E-state index contributed by atoms with van der Waals surface area (Å²) in [5, 5.41) is 9.85. The Kier molecular flexibility index (Phi) is 3.73. The molecule has 1 heterocycles. The zero-order chi connectivity index (χ0) is 14.3. The highest BCUT2D eigenvalue weighted by Crippen LogP contribution is 2.37. The Labute approximate surface area is 115 Å². The first kappa shape index (κ1) is 14.5. The molecule has 0 bridgehead atoms. The lowest BCUT2D eigenvalue weighted by molar-refractivity contribution is 0.188. The van der Waals surface area contributed by atoms with E-state index in [9.17, 15) is 13.5 Å². The molecule has 1 N–H and O–H groups in total. The Morgan fingerprint density at radius 3 is 2.32 bits per heavy atom. The lowest BCUT2D eigenvalue weighted by Gasteiger charge is -2.31. The highest BCUT2D eigenvalue weighted by molar-refractivity contribution is 7.90. The van der Waals surface area contributed by atoms with Crippen molar-refractivity contribution in [1.29, 1.82) is 0 Å². The van der Waals surface area contributed by atoms with Gasteiger partial charge in [-0.1, -0.05) is 30.3 Å². The minimum atomic E-state index is -3.43. The second kappa shape index (κ2) is 4.89. The van der Waals surface area contributed by atoms with E-state index in [1.807, 2.05) is 30.3 Å². The maximum absolute atomic E-state index is 12.6. The van der Waals surface area contributed by atoms with Crippen molar-refractivity contribution in [2.45, 2.75) is 44.1 Å². The van der Waals surface area contributed by atoms with Crippen molar-refractivity contribution in [3.63, 3.8) is 0 Å². The molecule has 5 heteroatoms. The summed E-state index contributed by atoms with van der Waals surface area (Å²) in [6.45, 7) is 5.25. The summed E-state index contributed by atoms with van der Waals surface area (Å²) in [5.41, 5.74) is 0.937. The fourth-order valence-electron chi connectivity index (χ4n) is 2.38. The largest absolute Gasteiger partial charge is 0.392 e. The van der Waals surface area contributed by atoms with Crippen molar-refractivity contribution < 1.29 is 13.5 Å². The van der Waals surface area contributed by atoms with Crippen molar-refractivity contribution >= 4 is 10.0 Å². The zero-order valence-electron chi connectivity index (χ0n) is 11.6. The molecule has 19 heavy (non-hydrogen) atoms. The third-order valence-corrected chi connectivity index (χ3v) is 6.07. The first-order valence-corrected chi connectivity index (χ1v) is 7.92. The number of nitrogens with zero attached hydrogens (tertiary/aromatic N) is 1. The maximum Gasteiger partial charge on any atom is 0.219 e. The third-order valence-electron chi connectivity index (χ3n) is 3.50. The summed E-state index contributed by atoms with van der Waals surface area (Å²) in [5.74, 6) is 0. The van der Waals surface area contributed by atoms with Crippen LogP contribution in [0, 0.1) is 0 Å².